The fourth-order valence-corrected chi connectivity index (χ4v) is 3.50. The lowest BCUT2D eigenvalue weighted by Gasteiger charge is -2.17. The van der Waals surface area contributed by atoms with Crippen LogP contribution in [0.2, 0.25) is 0 Å². The van der Waals surface area contributed by atoms with Gasteiger partial charge < -0.3 is 15.0 Å². The molecule has 2 N–H and O–H groups in total. The third-order valence-corrected chi connectivity index (χ3v) is 4.81. The van der Waals surface area contributed by atoms with Crippen molar-refractivity contribution in [3.63, 3.8) is 0 Å². The van der Waals surface area contributed by atoms with Gasteiger partial charge in [-0.15, -0.1) is 11.3 Å². The van der Waals surface area contributed by atoms with Gasteiger partial charge in [-0.1, -0.05) is 0 Å². The van der Waals surface area contributed by atoms with E-state index in [4.69, 9.17) is 4.74 Å². The van der Waals surface area contributed by atoms with Crippen LogP contribution in [0.1, 0.15) is 19.0 Å². The summed E-state index contributed by atoms with van der Waals surface area (Å²) >= 11 is 1.19. The molecule has 28 heavy (non-hydrogen) atoms. The molecular weight excluding hydrogens is 387 g/mol. The molecule has 8 nitrogen and oxygen atoms in total. The van der Waals surface area contributed by atoms with Gasteiger partial charge in [0.05, 0.1) is 24.8 Å². The summed E-state index contributed by atoms with van der Waals surface area (Å²) < 4.78 is 17.9. The number of esters is 1. The highest BCUT2D eigenvalue weighted by Crippen LogP contribution is 2.22. The SMILES string of the molecule is CCOC(=O)Cc1csc(NC(=O)NC2CC(=O)N(c3ccc(F)cc3)C2)n1. The normalized spacial score (nSPS) is 16.1. The molecule has 1 saturated heterocycles. The highest BCUT2D eigenvalue weighted by atomic mass is 32.1. The zero-order valence-corrected chi connectivity index (χ0v) is 15.9. The van der Waals surface area contributed by atoms with Crippen LogP contribution in [0.25, 0.3) is 0 Å². The number of nitrogens with one attached hydrogen (secondary N) is 2. The van der Waals surface area contributed by atoms with Gasteiger partial charge in [-0.2, -0.15) is 0 Å². The van der Waals surface area contributed by atoms with Gasteiger partial charge in [0.2, 0.25) is 5.91 Å². The molecule has 1 atom stereocenters. The minimum absolute atomic E-state index is 0.0391. The van der Waals surface area contributed by atoms with Crippen LogP contribution in [0.5, 0.6) is 0 Å². The van der Waals surface area contributed by atoms with Crippen molar-refractivity contribution < 1.29 is 23.5 Å². The number of nitrogens with zero attached hydrogens (tertiary/aromatic N) is 2. The molecule has 3 amide bonds. The van der Waals surface area contributed by atoms with Crippen molar-refractivity contribution in [2.45, 2.75) is 25.8 Å². The average Bonchev–Trinajstić information content (AvgIpc) is 3.22. The Morgan fingerprint density at radius 3 is 2.82 bits per heavy atom. The van der Waals surface area contributed by atoms with Crippen molar-refractivity contribution in [1.29, 1.82) is 0 Å². The second-order valence-corrected chi connectivity index (χ2v) is 6.96. The van der Waals surface area contributed by atoms with Crippen molar-refractivity contribution in [3.8, 4) is 0 Å². The van der Waals surface area contributed by atoms with Gasteiger partial charge in [0.25, 0.3) is 0 Å². The van der Waals surface area contributed by atoms with E-state index in [2.05, 4.69) is 15.6 Å². The molecule has 10 heteroatoms. The van der Waals surface area contributed by atoms with E-state index in [0.29, 0.717) is 29.7 Å². The third-order valence-electron chi connectivity index (χ3n) is 4.00. The molecule has 148 valence electrons. The number of hydrogen-bond acceptors (Lipinski definition) is 6. The van der Waals surface area contributed by atoms with Gasteiger partial charge in [0, 0.05) is 24.0 Å². The van der Waals surface area contributed by atoms with E-state index < -0.39 is 6.03 Å². The lowest BCUT2D eigenvalue weighted by atomic mass is 10.2. The summed E-state index contributed by atoms with van der Waals surface area (Å²) in [5, 5.41) is 7.34. The van der Waals surface area contributed by atoms with Gasteiger partial charge in [-0.3, -0.25) is 14.9 Å². The number of thiazole rings is 1. The number of amides is 3. The predicted molar refractivity (Wildman–Crippen MR) is 102 cm³/mol. The van der Waals surface area contributed by atoms with Crippen LogP contribution in [0, 0.1) is 5.82 Å². The van der Waals surface area contributed by atoms with Crippen LogP contribution >= 0.6 is 11.3 Å². The number of hydrogen-bond donors (Lipinski definition) is 2. The minimum atomic E-state index is -0.490. The van der Waals surface area contributed by atoms with Crippen LogP contribution in [0.4, 0.5) is 20.0 Å². The largest absolute Gasteiger partial charge is 0.466 e. The quantitative estimate of drug-likeness (QED) is 0.717. The fraction of sp³-hybridized carbons (Fsp3) is 0.333. The van der Waals surface area contributed by atoms with Crippen molar-refractivity contribution in [2.24, 2.45) is 0 Å². The van der Waals surface area contributed by atoms with Crippen LogP contribution in [0.3, 0.4) is 0 Å². The first-order valence-corrected chi connectivity index (χ1v) is 9.56. The van der Waals surface area contributed by atoms with Gasteiger partial charge in [0.1, 0.15) is 5.82 Å². The first kappa shape index (κ1) is 19.7. The second-order valence-electron chi connectivity index (χ2n) is 6.11. The van der Waals surface area contributed by atoms with E-state index in [9.17, 15) is 18.8 Å². The zero-order valence-electron chi connectivity index (χ0n) is 15.1. The van der Waals surface area contributed by atoms with Crippen LogP contribution in [-0.2, 0) is 20.7 Å². The van der Waals surface area contributed by atoms with E-state index >= 15 is 0 Å². The highest BCUT2D eigenvalue weighted by Gasteiger charge is 2.31. The highest BCUT2D eigenvalue weighted by molar-refractivity contribution is 7.13. The van der Waals surface area contributed by atoms with Crippen LogP contribution in [0.15, 0.2) is 29.6 Å². The lowest BCUT2D eigenvalue weighted by Crippen LogP contribution is -2.39. The molecule has 1 aliphatic heterocycles. The third kappa shape index (κ3) is 5.03. The summed E-state index contributed by atoms with van der Waals surface area (Å²) in [6.07, 6.45) is 0.189. The van der Waals surface area contributed by atoms with Gasteiger partial charge in [-0.05, 0) is 31.2 Å². The molecule has 0 saturated carbocycles. The fourth-order valence-electron chi connectivity index (χ4n) is 2.80. The average molecular weight is 406 g/mol. The Morgan fingerprint density at radius 2 is 2.11 bits per heavy atom. The van der Waals surface area contributed by atoms with Crippen LogP contribution in [-0.4, -0.2) is 42.1 Å². The maximum Gasteiger partial charge on any atom is 0.321 e. The molecule has 0 spiro atoms. The monoisotopic (exact) mass is 406 g/mol. The van der Waals surface area contributed by atoms with Crippen molar-refractivity contribution in [2.75, 3.05) is 23.4 Å². The summed E-state index contributed by atoms with van der Waals surface area (Å²) in [6, 6.07) is 4.75. The Labute approximate surface area is 164 Å². The Kier molecular flexibility index (Phi) is 6.19. The van der Waals surface area contributed by atoms with Crippen molar-refractivity contribution >= 4 is 40.1 Å². The number of halogens is 1. The Bertz CT molecular complexity index is 871. The summed E-state index contributed by atoms with van der Waals surface area (Å²) in [7, 11) is 0. The van der Waals surface area contributed by atoms with E-state index in [1.807, 2.05) is 0 Å². The zero-order chi connectivity index (χ0) is 20.1. The lowest BCUT2D eigenvalue weighted by molar-refractivity contribution is -0.142. The van der Waals surface area contributed by atoms with E-state index in [0.717, 1.165) is 0 Å². The molecule has 0 aliphatic carbocycles. The number of benzene rings is 1. The number of ether oxygens (including phenoxy) is 1. The standard InChI is InChI=1S/C18H19FN4O4S/c1-2-27-16(25)8-13-10-28-18(21-13)22-17(26)20-12-7-15(24)23(9-12)14-5-3-11(19)4-6-14/h3-6,10,12H,2,7-9H2,1H3,(H2,20,21,22,26). The maximum atomic E-state index is 13.0. The smallest absolute Gasteiger partial charge is 0.321 e. The molecule has 1 unspecified atom stereocenters. The molecular formula is C18H19FN4O4S. The van der Waals surface area contributed by atoms with Crippen molar-refractivity contribution in [1.82, 2.24) is 10.3 Å². The number of carbonyl (C=O) groups excluding carboxylic acids is 3. The molecule has 1 aromatic carbocycles. The topological polar surface area (TPSA) is 101 Å². The summed E-state index contributed by atoms with van der Waals surface area (Å²) in [5.74, 6) is -0.910. The molecule has 1 aliphatic rings. The summed E-state index contributed by atoms with van der Waals surface area (Å²) in [4.78, 5) is 41.5. The molecule has 2 heterocycles. The van der Waals surface area contributed by atoms with Gasteiger partial charge >= 0.3 is 12.0 Å². The number of urea groups is 1. The molecule has 0 bridgehead atoms. The Hall–Kier alpha value is -3.01. The van der Waals surface area contributed by atoms with Gasteiger partial charge in [-0.25, -0.2) is 14.2 Å². The number of anilines is 2. The minimum Gasteiger partial charge on any atom is -0.466 e. The van der Waals surface area contributed by atoms with E-state index in [-0.39, 0.29) is 36.6 Å². The molecule has 1 aromatic heterocycles. The molecule has 1 fully saturated rings. The molecule has 3 rings (SSSR count). The Balaban J connectivity index is 1.51. The number of carbonyl (C=O) groups is 3. The maximum absolute atomic E-state index is 13.0. The summed E-state index contributed by atoms with van der Waals surface area (Å²) in [5.41, 5.74) is 1.09. The van der Waals surface area contributed by atoms with E-state index in [1.54, 1.807) is 12.3 Å². The number of aromatic nitrogens is 1. The second kappa shape index (κ2) is 8.79. The van der Waals surface area contributed by atoms with Gasteiger partial charge in [0.15, 0.2) is 5.13 Å². The van der Waals surface area contributed by atoms with Crippen LogP contribution < -0.4 is 15.5 Å². The molecule has 2 aromatic rings. The van der Waals surface area contributed by atoms with Crippen molar-refractivity contribution in [3.05, 3.63) is 41.2 Å². The Morgan fingerprint density at radius 1 is 1.36 bits per heavy atom. The molecule has 0 radical (unpaired) electrons. The first-order chi connectivity index (χ1) is 13.4. The van der Waals surface area contributed by atoms with E-state index in [1.165, 1.54) is 40.5 Å². The predicted octanol–water partition coefficient (Wildman–Crippen LogP) is 2.31. The number of rotatable bonds is 6. The summed E-state index contributed by atoms with van der Waals surface area (Å²) in [6.45, 7) is 2.32. The first-order valence-electron chi connectivity index (χ1n) is 8.68.